The molecule has 1 aliphatic rings. The molecule has 0 radical (unpaired) electrons. The second-order valence-electron chi connectivity index (χ2n) is 4.96. The van der Waals surface area contributed by atoms with Crippen LogP contribution in [0.5, 0.6) is 0 Å². The van der Waals surface area contributed by atoms with E-state index in [1.807, 2.05) is 0 Å². The quantitative estimate of drug-likeness (QED) is 0.684. The summed E-state index contributed by atoms with van der Waals surface area (Å²) in [5.41, 5.74) is 0.720. The third-order valence-electron chi connectivity index (χ3n) is 3.79. The van der Waals surface area contributed by atoms with Crippen molar-refractivity contribution < 1.29 is 0 Å². The van der Waals surface area contributed by atoms with Gasteiger partial charge in [0.25, 0.3) is 0 Å². The van der Waals surface area contributed by atoms with Crippen LogP contribution < -0.4 is 5.32 Å². The highest BCUT2D eigenvalue weighted by Crippen LogP contribution is 2.39. The Balaban J connectivity index is 2.39. The number of hydrogen-bond acceptors (Lipinski definition) is 1. The van der Waals surface area contributed by atoms with Crippen LogP contribution in [0.3, 0.4) is 0 Å². The minimum absolute atomic E-state index is 0.720. The highest BCUT2D eigenvalue weighted by Gasteiger charge is 2.30. The van der Waals surface area contributed by atoms with Gasteiger partial charge in [-0.15, -0.1) is 0 Å². The Morgan fingerprint density at radius 3 is 1.86 bits per heavy atom. The van der Waals surface area contributed by atoms with Crippen molar-refractivity contribution in [1.82, 2.24) is 5.32 Å². The van der Waals surface area contributed by atoms with Gasteiger partial charge < -0.3 is 5.32 Å². The molecular weight excluding hydrogens is 170 g/mol. The Kier molecular flexibility index (Phi) is 5.54. The van der Waals surface area contributed by atoms with E-state index in [-0.39, 0.29) is 0 Å². The molecule has 1 fully saturated rings. The maximum absolute atomic E-state index is 3.49. The molecule has 1 heterocycles. The molecule has 0 spiro atoms. The summed E-state index contributed by atoms with van der Waals surface area (Å²) in [5.74, 6) is 0. The van der Waals surface area contributed by atoms with Crippen LogP contribution in [-0.2, 0) is 0 Å². The van der Waals surface area contributed by atoms with Gasteiger partial charge in [-0.05, 0) is 44.2 Å². The molecule has 1 N–H and O–H groups in total. The lowest BCUT2D eigenvalue weighted by Crippen LogP contribution is -2.36. The molecule has 14 heavy (non-hydrogen) atoms. The first-order valence-electron chi connectivity index (χ1n) is 6.54. The van der Waals surface area contributed by atoms with Crippen molar-refractivity contribution in [3.63, 3.8) is 0 Å². The van der Waals surface area contributed by atoms with Crippen molar-refractivity contribution in [1.29, 1.82) is 0 Å². The first-order valence-corrected chi connectivity index (χ1v) is 6.54. The van der Waals surface area contributed by atoms with Gasteiger partial charge in [-0.1, -0.05) is 39.5 Å². The van der Waals surface area contributed by atoms with Gasteiger partial charge in [-0.2, -0.15) is 0 Å². The van der Waals surface area contributed by atoms with E-state index in [1.54, 1.807) is 0 Å². The lowest BCUT2D eigenvalue weighted by atomic mass is 9.71. The average molecular weight is 197 g/mol. The van der Waals surface area contributed by atoms with Crippen LogP contribution in [0.1, 0.15) is 65.2 Å². The minimum atomic E-state index is 0.720. The number of nitrogens with one attached hydrogen (secondary N) is 1. The molecule has 0 amide bonds. The molecule has 0 saturated carbocycles. The van der Waals surface area contributed by atoms with Crippen molar-refractivity contribution in [2.45, 2.75) is 65.2 Å². The predicted octanol–water partition coefficient (Wildman–Crippen LogP) is 3.74. The van der Waals surface area contributed by atoms with Crippen LogP contribution in [0.15, 0.2) is 0 Å². The summed E-state index contributed by atoms with van der Waals surface area (Å²) in [4.78, 5) is 0. The van der Waals surface area contributed by atoms with E-state index in [2.05, 4.69) is 19.2 Å². The molecule has 0 aromatic rings. The fraction of sp³-hybridized carbons (Fsp3) is 1.00. The normalized spacial score (nSPS) is 21.0. The van der Waals surface area contributed by atoms with Crippen molar-refractivity contribution in [3.05, 3.63) is 0 Å². The minimum Gasteiger partial charge on any atom is -0.317 e. The van der Waals surface area contributed by atoms with Gasteiger partial charge in [0.1, 0.15) is 0 Å². The summed E-state index contributed by atoms with van der Waals surface area (Å²) >= 11 is 0. The molecule has 0 aliphatic carbocycles. The molecule has 1 saturated heterocycles. The number of hydrogen-bond donors (Lipinski definition) is 1. The summed E-state index contributed by atoms with van der Waals surface area (Å²) in [7, 11) is 0. The van der Waals surface area contributed by atoms with Crippen LogP contribution in [0.2, 0.25) is 0 Å². The fourth-order valence-electron chi connectivity index (χ4n) is 2.69. The van der Waals surface area contributed by atoms with Crippen LogP contribution in [0.25, 0.3) is 0 Å². The summed E-state index contributed by atoms with van der Waals surface area (Å²) in [5, 5.41) is 3.49. The first-order chi connectivity index (χ1) is 6.83. The maximum Gasteiger partial charge on any atom is -0.00436 e. The van der Waals surface area contributed by atoms with Gasteiger partial charge in [0.05, 0.1) is 0 Å². The van der Waals surface area contributed by atoms with Crippen LogP contribution in [-0.4, -0.2) is 13.1 Å². The number of piperidine rings is 1. The van der Waals surface area contributed by atoms with Crippen molar-refractivity contribution in [2.75, 3.05) is 13.1 Å². The lowest BCUT2D eigenvalue weighted by Gasteiger charge is -2.38. The van der Waals surface area contributed by atoms with E-state index in [0.29, 0.717) is 0 Å². The first kappa shape index (κ1) is 12.0. The molecule has 0 unspecified atom stereocenters. The molecule has 0 aromatic carbocycles. The Bertz CT molecular complexity index is 126. The zero-order chi connectivity index (χ0) is 10.3. The second-order valence-corrected chi connectivity index (χ2v) is 4.96. The number of rotatable bonds is 6. The molecule has 0 aromatic heterocycles. The van der Waals surface area contributed by atoms with Crippen LogP contribution >= 0.6 is 0 Å². The monoisotopic (exact) mass is 197 g/mol. The Morgan fingerprint density at radius 1 is 0.929 bits per heavy atom. The zero-order valence-corrected chi connectivity index (χ0v) is 10.1. The third-order valence-corrected chi connectivity index (χ3v) is 3.79. The van der Waals surface area contributed by atoms with E-state index in [9.17, 15) is 0 Å². The Morgan fingerprint density at radius 2 is 1.43 bits per heavy atom. The summed E-state index contributed by atoms with van der Waals surface area (Å²) < 4.78 is 0. The Labute approximate surface area is 89.7 Å². The van der Waals surface area contributed by atoms with E-state index < -0.39 is 0 Å². The zero-order valence-electron chi connectivity index (χ0n) is 10.1. The molecule has 1 nitrogen and oxygen atoms in total. The van der Waals surface area contributed by atoms with Crippen molar-refractivity contribution in [3.8, 4) is 0 Å². The summed E-state index contributed by atoms with van der Waals surface area (Å²) in [6.07, 6.45) is 11.4. The van der Waals surface area contributed by atoms with Gasteiger partial charge in [-0.3, -0.25) is 0 Å². The van der Waals surface area contributed by atoms with Crippen LogP contribution in [0.4, 0.5) is 0 Å². The van der Waals surface area contributed by atoms with E-state index in [1.165, 1.54) is 64.5 Å². The van der Waals surface area contributed by atoms with Gasteiger partial charge in [-0.25, -0.2) is 0 Å². The molecule has 0 atom stereocenters. The number of unbranched alkanes of at least 4 members (excludes halogenated alkanes) is 2. The molecule has 1 rings (SSSR count). The van der Waals surface area contributed by atoms with E-state index in [0.717, 1.165) is 5.41 Å². The smallest absolute Gasteiger partial charge is 0.00436 e. The second kappa shape index (κ2) is 6.44. The average Bonchev–Trinajstić information content (AvgIpc) is 2.25. The summed E-state index contributed by atoms with van der Waals surface area (Å²) in [6.45, 7) is 7.14. The lowest BCUT2D eigenvalue weighted by molar-refractivity contribution is 0.159. The highest BCUT2D eigenvalue weighted by atomic mass is 14.9. The highest BCUT2D eigenvalue weighted by molar-refractivity contribution is 4.84. The maximum atomic E-state index is 3.49. The third kappa shape index (κ3) is 3.61. The molecule has 1 aliphatic heterocycles. The van der Waals surface area contributed by atoms with Crippen LogP contribution in [0, 0.1) is 5.41 Å². The van der Waals surface area contributed by atoms with E-state index in [4.69, 9.17) is 0 Å². The standard InChI is InChI=1S/C13H27N/c1-3-5-7-13(8-6-4-2)9-11-14-12-10-13/h14H,3-12H2,1-2H3. The largest absolute Gasteiger partial charge is 0.317 e. The molecule has 0 bridgehead atoms. The summed E-state index contributed by atoms with van der Waals surface area (Å²) in [6, 6.07) is 0. The van der Waals surface area contributed by atoms with Crippen molar-refractivity contribution >= 4 is 0 Å². The van der Waals surface area contributed by atoms with Crippen molar-refractivity contribution in [2.24, 2.45) is 5.41 Å². The van der Waals surface area contributed by atoms with Gasteiger partial charge in [0, 0.05) is 0 Å². The fourth-order valence-corrected chi connectivity index (χ4v) is 2.69. The molecule has 1 heteroatoms. The van der Waals surface area contributed by atoms with E-state index >= 15 is 0 Å². The molecule has 84 valence electrons. The Hall–Kier alpha value is -0.0400. The van der Waals surface area contributed by atoms with Gasteiger partial charge >= 0.3 is 0 Å². The van der Waals surface area contributed by atoms with Gasteiger partial charge in [0.2, 0.25) is 0 Å². The molecular formula is C13H27N. The topological polar surface area (TPSA) is 12.0 Å². The van der Waals surface area contributed by atoms with Gasteiger partial charge in [0.15, 0.2) is 0 Å². The predicted molar refractivity (Wildman–Crippen MR) is 63.6 cm³/mol. The SMILES string of the molecule is CCCCC1(CCCC)CCNCC1.